The summed E-state index contributed by atoms with van der Waals surface area (Å²) >= 11 is 0. The number of hydrogen-bond acceptors (Lipinski definition) is 5. The van der Waals surface area contributed by atoms with Crippen molar-refractivity contribution in [2.45, 2.75) is 105 Å². The molecular formula is C36H52N2O4. The van der Waals surface area contributed by atoms with Crippen LogP contribution in [0.4, 0.5) is 0 Å². The molecule has 2 aromatic carbocycles. The number of hydrogen-bond donors (Lipinski definition) is 1. The number of benzene rings is 2. The highest BCUT2D eigenvalue weighted by atomic mass is 16.6. The van der Waals surface area contributed by atoms with E-state index >= 15 is 0 Å². The summed E-state index contributed by atoms with van der Waals surface area (Å²) < 4.78 is 5.56. The van der Waals surface area contributed by atoms with Crippen LogP contribution in [0.25, 0.3) is 0 Å². The average molecular weight is 577 g/mol. The average Bonchev–Trinajstić information content (AvgIpc) is 3.16. The summed E-state index contributed by atoms with van der Waals surface area (Å²) in [7, 11) is 0. The predicted molar refractivity (Wildman–Crippen MR) is 172 cm³/mol. The number of Topliss-reactive ketones (excluding diaryl/α,β-unsaturated/α-hetero) is 1. The van der Waals surface area contributed by atoms with E-state index in [2.05, 4.69) is 24.0 Å². The topological polar surface area (TPSA) is 79.2 Å². The first kappa shape index (κ1) is 33.4. The molecule has 2 aromatic rings. The minimum absolute atomic E-state index is 0.0217. The van der Waals surface area contributed by atoms with Crippen molar-refractivity contribution in [2.24, 2.45) is 16.8 Å². The summed E-state index contributed by atoms with van der Waals surface area (Å²) in [6.07, 6.45) is 2.83. The Morgan fingerprint density at radius 1 is 0.952 bits per heavy atom. The molecular weight excluding hydrogens is 524 g/mol. The van der Waals surface area contributed by atoms with Crippen molar-refractivity contribution in [1.29, 1.82) is 0 Å². The Morgan fingerprint density at radius 3 is 2.02 bits per heavy atom. The second-order valence-electron chi connectivity index (χ2n) is 14.8. The normalized spacial score (nSPS) is 18.9. The number of rotatable bonds is 9. The molecule has 1 aliphatic rings. The number of phenols is 1. The van der Waals surface area contributed by atoms with Gasteiger partial charge in [-0.15, -0.1) is 0 Å². The summed E-state index contributed by atoms with van der Waals surface area (Å²) in [6.45, 7) is 20.8. The first-order valence-corrected chi connectivity index (χ1v) is 15.4. The zero-order valence-corrected chi connectivity index (χ0v) is 27.5. The molecule has 0 spiro atoms. The number of aromatic hydroxyl groups is 1. The monoisotopic (exact) mass is 576 g/mol. The van der Waals surface area contributed by atoms with Gasteiger partial charge < -0.3 is 14.7 Å². The zero-order valence-electron chi connectivity index (χ0n) is 27.5. The van der Waals surface area contributed by atoms with Crippen molar-refractivity contribution in [3.8, 4) is 5.75 Å². The Labute approximate surface area is 253 Å². The van der Waals surface area contributed by atoms with E-state index in [1.165, 1.54) is 5.56 Å². The Hall–Kier alpha value is -3.15. The van der Waals surface area contributed by atoms with E-state index in [9.17, 15) is 14.7 Å². The van der Waals surface area contributed by atoms with Crippen molar-refractivity contribution in [3.05, 3.63) is 64.7 Å². The first-order valence-electron chi connectivity index (χ1n) is 15.4. The molecule has 0 radical (unpaired) electrons. The van der Waals surface area contributed by atoms with Crippen LogP contribution in [-0.4, -0.2) is 52.8 Å². The molecule has 230 valence electrons. The van der Waals surface area contributed by atoms with Crippen LogP contribution in [0.1, 0.15) is 109 Å². The standard InChI is InChI=1S/C36H52N2O4/c1-11-15-25-22-38(23-30(39)26-19-28(34(2,3)4)32(41)29(20-26)35(5,6)7)33(37-21-31(40)42-36(8,9)10)27(25)18-24-16-13-12-14-17-24/h12-14,16-17,19-20,25,27,41H,11,15,18,21-23H2,1-10H3/b37-33+/t25-,27+/m0/s1. The Bertz CT molecular complexity index is 1240. The number of nitrogens with zero attached hydrogens (tertiary/aromatic N) is 2. The third-order valence-corrected chi connectivity index (χ3v) is 7.81. The molecule has 0 saturated carbocycles. The van der Waals surface area contributed by atoms with Crippen molar-refractivity contribution in [3.63, 3.8) is 0 Å². The number of carbonyl (C=O) groups is 2. The maximum atomic E-state index is 14.0. The van der Waals surface area contributed by atoms with Gasteiger partial charge in [-0.2, -0.15) is 0 Å². The summed E-state index contributed by atoms with van der Waals surface area (Å²) in [5.41, 5.74) is 2.08. The first-order chi connectivity index (χ1) is 19.4. The maximum Gasteiger partial charge on any atom is 0.328 e. The lowest BCUT2D eigenvalue weighted by Crippen LogP contribution is -2.34. The van der Waals surface area contributed by atoms with Gasteiger partial charge >= 0.3 is 5.97 Å². The second kappa shape index (κ2) is 13.0. The highest BCUT2D eigenvalue weighted by molar-refractivity contribution is 6.01. The van der Waals surface area contributed by atoms with Gasteiger partial charge in [0, 0.05) is 29.2 Å². The minimum atomic E-state index is -0.592. The lowest BCUT2D eigenvalue weighted by atomic mass is 9.78. The summed E-state index contributed by atoms with van der Waals surface area (Å²) in [6, 6.07) is 14.1. The van der Waals surface area contributed by atoms with Crippen LogP contribution in [0.5, 0.6) is 5.75 Å². The molecule has 1 fully saturated rings. The molecule has 1 N–H and O–H groups in total. The van der Waals surface area contributed by atoms with Crippen LogP contribution in [0.3, 0.4) is 0 Å². The van der Waals surface area contributed by atoms with E-state index in [-0.39, 0.29) is 47.3 Å². The molecule has 42 heavy (non-hydrogen) atoms. The minimum Gasteiger partial charge on any atom is -0.507 e. The van der Waals surface area contributed by atoms with E-state index in [0.29, 0.717) is 18.0 Å². The van der Waals surface area contributed by atoms with Gasteiger partial charge in [0.2, 0.25) is 0 Å². The number of aliphatic imine (C=N–C) groups is 1. The molecule has 1 heterocycles. The van der Waals surface area contributed by atoms with Gasteiger partial charge in [-0.3, -0.25) is 14.6 Å². The van der Waals surface area contributed by atoms with Gasteiger partial charge in [0.05, 0.1) is 6.54 Å². The number of amidine groups is 1. The maximum absolute atomic E-state index is 14.0. The fraction of sp³-hybridized carbons (Fsp3) is 0.583. The van der Waals surface area contributed by atoms with Crippen LogP contribution in [0.2, 0.25) is 0 Å². The SMILES string of the molecule is CCC[C@H]1CN(CC(=O)c2cc(C(C)(C)C)c(O)c(C(C)(C)C)c2)/C(=N/CC(=O)OC(C)(C)C)[C@@H]1Cc1ccccc1. The molecule has 6 nitrogen and oxygen atoms in total. The largest absolute Gasteiger partial charge is 0.507 e. The van der Waals surface area contributed by atoms with Crippen molar-refractivity contribution < 1.29 is 19.4 Å². The fourth-order valence-electron chi connectivity index (χ4n) is 5.82. The summed E-state index contributed by atoms with van der Waals surface area (Å²) in [4.78, 5) is 33.6. The molecule has 6 heteroatoms. The Balaban J connectivity index is 2.02. The molecule has 0 unspecified atom stereocenters. The van der Waals surface area contributed by atoms with Gasteiger partial charge in [0.15, 0.2) is 5.78 Å². The van der Waals surface area contributed by atoms with E-state index in [1.807, 2.05) is 92.6 Å². The van der Waals surface area contributed by atoms with Crippen LogP contribution >= 0.6 is 0 Å². The molecule has 3 rings (SSSR count). The van der Waals surface area contributed by atoms with Gasteiger partial charge in [-0.25, -0.2) is 0 Å². The Kier molecular flexibility index (Phi) is 10.3. The number of ether oxygens (including phenoxy) is 1. The predicted octanol–water partition coefficient (Wildman–Crippen LogP) is 7.50. The molecule has 0 amide bonds. The molecule has 0 aromatic heterocycles. The quantitative estimate of drug-likeness (QED) is 0.247. The number of carbonyl (C=O) groups excluding carboxylic acids is 2. The lowest BCUT2D eigenvalue weighted by molar-refractivity contribution is -0.152. The number of phenolic OH excluding ortho intramolecular Hbond substituents is 1. The molecule has 1 saturated heterocycles. The lowest BCUT2D eigenvalue weighted by Gasteiger charge is -2.28. The number of ketones is 1. The smallest absolute Gasteiger partial charge is 0.328 e. The fourth-order valence-corrected chi connectivity index (χ4v) is 5.82. The van der Waals surface area contributed by atoms with Crippen LogP contribution in [0.15, 0.2) is 47.5 Å². The van der Waals surface area contributed by atoms with E-state index in [1.54, 1.807) is 0 Å². The van der Waals surface area contributed by atoms with Crippen LogP contribution in [-0.2, 0) is 26.8 Å². The van der Waals surface area contributed by atoms with E-state index in [4.69, 9.17) is 9.73 Å². The van der Waals surface area contributed by atoms with Crippen molar-refractivity contribution in [2.75, 3.05) is 19.6 Å². The number of likely N-dealkylation sites (tertiary alicyclic amines) is 1. The zero-order chi connectivity index (χ0) is 31.5. The Morgan fingerprint density at radius 2 is 1.52 bits per heavy atom. The second-order valence-corrected chi connectivity index (χ2v) is 14.8. The van der Waals surface area contributed by atoms with Crippen LogP contribution in [0, 0.1) is 11.8 Å². The highest BCUT2D eigenvalue weighted by Gasteiger charge is 2.39. The molecule has 2 atom stereocenters. The number of esters is 1. The van der Waals surface area contributed by atoms with Gasteiger partial charge in [0.25, 0.3) is 0 Å². The summed E-state index contributed by atoms with van der Waals surface area (Å²) in [5, 5.41) is 11.2. The molecule has 1 aliphatic heterocycles. The highest BCUT2D eigenvalue weighted by Crippen LogP contribution is 2.40. The summed E-state index contributed by atoms with van der Waals surface area (Å²) in [5.74, 6) is 1.09. The van der Waals surface area contributed by atoms with Gasteiger partial charge in [-0.1, -0.05) is 85.2 Å². The van der Waals surface area contributed by atoms with Gasteiger partial charge in [0.1, 0.15) is 23.7 Å². The van der Waals surface area contributed by atoms with Crippen LogP contribution < -0.4 is 0 Å². The van der Waals surface area contributed by atoms with Gasteiger partial charge in [-0.05, 0) is 68.1 Å². The van der Waals surface area contributed by atoms with E-state index in [0.717, 1.165) is 36.2 Å². The molecule has 0 bridgehead atoms. The molecule has 0 aliphatic carbocycles. The third kappa shape index (κ3) is 8.68. The van der Waals surface area contributed by atoms with E-state index < -0.39 is 5.60 Å². The third-order valence-electron chi connectivity index (χ3n) is 7.81. The van der Waals surface area contributed by atoms with Crippen molar-refractivity contribution >= 4 is 17.6 Å². The van der Waals surface area contributed by atoms with Crippen molar-refractivity contribution in [1.82, 2.24) is 4.90 Å².